The quantitative estimate of drug-likeness (QED) is 0.558. The van der Waals surface area contributed by atoms with Gasteiger partial charge in [-0.1, -0.05) is 0 Å². The second-order valence-electron chi connectivity index (χ2n) is 3.76. The Morgan fingerprint density at radius 3 is 2.89 bits per heavy atom. The predicted octanol–water partition coefficient (Wildman–Crippen LogP) is 1.26. The van der Waals surface area contributed by atoms with E-state index in [1.807, 2.05) is 6.92 Å². The van der Waals surface area contributed by atoms with Crippen LogP contribution in [-0.4, -0.2) is 41.7 Å². The van der Waals surface area contributed by atoms with Crippen molar-refractivity contribution in [3.63, 3.8) is 0 Å². The normalized spacial score (nSPS) is 11.9. The van der Waals surface area contributed by atoms with Crippen molar-refractivity contribution < 1.29 is 9.66 Å². The van der Waals surface area contributed by atoms with Crippen LogP contribution in [0.25, 0.3) is 0 Å². The third-order valence-corrected chi connectivity index (χ3v) is 2.33. The molecule has 0 aliphatic heterocycles. The van der Waals surface area contributed by atoms with Gasteiger partial charge in [-0.3, -0.25) is 10.1 Å². The van der Waals surface area contributed by atoms with Crippen LogP contribution in [0.3, 0.4) is 0 Å². The average molecular weight is 255 g/mol. The van der Waals surface area contributed by atoms with Crippen LogP contribution in [0.4, 0.5) is 17.5 Å². The van der Waals surface area contributed by atoms with Gasteiger partial charge < -0.3 is 15.4 Å². The van der Waals surface area contributed by atoms with Gasteiger partial charge in [0, 0.05) is 26.8 Å². The Hall–Kier alpha value is -1.96. The number of ether oxygens (including phenoxy) is 1. The van der Waals surface area contributed by atoms with Gasteiger partial charge in [0.15, 0.2) is 0 Å². The molecule has 0 aliphatic rings. The molecular weight excluding hydrogens is 238 g/mol. The van der Waals surface area contributed by atoms with Crippen LogP contribution in [-0.2, 0) is 4.74 Å². The standard InChI is InChI=1S/C10H17N5O3/c1-7(4-5-18-3)13-9-8(15(16)17)6-12-10(11-2)14-9/h6-7H,4-5H2,1-3H3,(H2,11,12,13,14). The second-order valence-corrected chi connectivity index (χ2v) is 3.76. The van der Waals surface area contributed by atoms with Crippen molar-refractivity contribution in [1.82, 2.24) is 9.97 Å². The number of methoxy groups -OCH3 is 1. The number of aromatic nitrogens is 2. The molecule has 0 aromatic carbocycles. The molecule has 0 spiro atoms. The molecule has 1 heterocycles. The molecule has 8 nitrogen and oxygen atoms in total. The van der Waals surface area contributed by atoms with Crippen molar-refractivity contribution in [2.45, 2.75) is 19.4 Å². The molecule has 1 aromatic rings. The summed E-state index contributed by atoms with van der Waals surface area (Å²) in [4.78, 5) is 18.2. The molecule has 0 bridgehead atoms. The fourth-order valence-corrected chi connectivity index (χ4v) is 1.34. The first-order chi connectivity index (χ1) is 8.58. The van der Waals surface area contributed by atoms with E-state index in [4.69, 9.17) is 4.74 Å². The van der Waals surface area contributed by atoms with Crippen LogP contribution in [0.2, 0.25) is 0 Å². The largest absolute Gasteiger partial charge is 0.385 e. The van der Waals surface area contributed by atoms with E-state index < -0.39 is 4.92 Å². The molecule has 100 valence electrons. The van der Waals surface area contributed by atoms with Gasteiger partial charge in [0.1, 0.15) is 6.20 Å². The summed E-state index contributed by atoms with van der Waals surface area (Å²) in [5.74, 6) is 0.546. The fourth-order valence-electron chi connectivity index (χ4n) is 1.34. The summed E-state index contributed by atoms with van der Waals surface area (Å²) >= 11 is 0. The summed E-state index contributed by atoms with van der Waals surface area (Å²) in [6.45, 7) is 2.48. The van der Waals surface area contributed by atoms with Crippen LogP contribution in [0, 0.1) is 10.1 Å². The first-order valence-electron chi connectivity index (χ1n) is 5.53. The molecule has 0 amide bonds. The van der Waals surface area contributed by atoms with E-state index in [1.165, 1.54) is 6.20 Å². The zero-order valence-electron chi connectivity index (χ0n) is 10.6. The van der Waals surface area contributed by atoms with E-state index >= 15 is 0 Å². The van der Waals surface area contributed by atoms with Crippen LogP contribution in [0.5, 0.6) is 0 Å². The number of anilines is 2. The molecule has 8 heteroatoms. The fraction of sp³-hybridized carbons (Fsp3) is 0.600. The monoisotopic (exact) mass is 255 g/mol. The lowest BCUT2D eigenvalue weighted by atomic mass is 10.2. The van der Waals surface area contributed by atoms with Gasteiger partial charge in [0.2, 0.25) is 11.8 Å². The topological polar surface area (TPSA) is 102 Å². The molecule has 0 aliphatic carbocycles. The Kier molecular flexibility index (Phi) is 5.25. The van der Waals surface area contributed by atoms with Crippen LogP contribution < -0.4 is 10.6 Å². The highest BCUT2D eigenvalue weighted by Crippen LogP contribution is 2.22. The SMILES string of the molecule is CNc1ncc([N+](=O)[O-])c(NC(C)CCOC)n1. The Balaban J connectivity index is 2.86. The summed E-state index contributed by atoms with van der Waals surface area (Å²) in [5, 5.41) is 16.6. The number of rotatable bonds is 7. The zero-order valence-corrected chi connectivity index (χ0v) is 10.6. The molecule has 1 unspecified atom stereocenters. The lowest BCUT2D eigenvalue weighted by molar-refractivity contribution is -0.384. The summed E-state index contributed by atoms with van der Waals surface area (Å²) in [5.41, 5.74) is -0.140. The van der Waals surface area contributed by atoms with Crippen molar-refractivity contribution in [1.29, 1.82) is 0 Å². The first-order valence-corrected chi connectivity index (χ1v) is 5.53. The Morgan fingerprint density at radius 2 is 2.33 bits per heavy atom. The molecule has 0 saturated heterocycles. The summed E-state index contributed by atoms with van der Waals surface area (Å²) in [6, 6.07) is 0.0169. The number of hydrogen-bond donors (Lipinski definition) is 2. The number of hydrogen-bond acceptors (Lipinski definition) is 7. The van der Waals surface area contributed by atoms with Crippen molar-refractivity contribution in [3.05, 3.63) is 16.3 Å². The smallest absolute Gasteiger partial charge is 0.329 e. The Labute approximate surface area is 105 Å². The molecule has 2 N–H and O–H groups in total. The highest BCUT2D eigenvalue weighted by atomic mass is 16.6. The van der Waals surface area contributed by atoms with E-state index in [2.05, 4.69) is 20.6 Å². The average Bonchev–Trinajstić information content (AvgIpc) is 2.35. The van der Waals surface area contributed by atoms with E-state index in [9.17, 15) is 10.1 Å². The first kappa shape index (κ1) is 14.1. The highest BCUT2D eigenvalue weighted by molar-refractivity contribution is 5.57. The van der Waals surface area contributed by atoms with Crippen molar-refractivity contribution in [2.24, 2.45) is 0 Å². The van der Waals surface area contributed by atoms with Crippen molar-refractivity contribution >= 4 is 17.5 Å². The van der Waals surface area contributed by atoms with Gasteiger partial charge in [0.25, 0.3) is 0 Å². The molecule has 18 heavy (non-hydrogen) atoms. The van der Waals surface area contributed by atoms with Gasteiger partial charge in [-0.05, 0) is 13.3 Å². The third kappa shape index (κ3) is 3.81. The van der Waals surface area contributed by atoms with Crippen molar-refractivity contribution in [3.8, 4) is 0 Å². The van der Waals surface area contributed by atoms with E-state index in [-0.39, 0.29) is 17.5 Å². The van der Waals surface area contributed by atoms with E-state index in [0.717, 1.165) is 6.42 Å². The van der Waals surface area contributed by atoms with Gasteiger partial charge in [-0.25, -0.2) is 4.98 Å². The van der Waals surface area contributed by atoms with Crippen LogP contribution in [0.15, 0.2) is 6.20 Å². The van der Waals surface area contributed by atoms with Gasteiger partial charge in [-0.15, -0.1) is 0 Å². The maximum atomic E-state index is 10.9. The summed E-state index contributed by atoms with van der Waals surface area (Å²) in [6.07, 6.45) is 1.91. The molecule has 0 fully saturated rings. The molecule has 1 rings (SSSR count). The zero-order chi connectivity index (χ0) is 13.5. The molecule has 0 saturated carbocycles. The lowest BCUT2D eigenvalue weighted by Gasteiger charge is -2.14. The van der Waals surface area contributed by atoms with Crippen molar-refractivity contribution in [2.75, 3.05) is 31.4 Å². The van der Waals surface area contributed by atoms with Crippen LogP contribution >= 0.6 is 0 Å². The summed E-state index contributed by atoms with van der Waals surface area (Å²) < 4.78 is 4.95. The molecule has 1 atom stereocenters. The van der Waals surface area contributed by atoms with E-state index in [1.54, 1.807) is 14.2 Å². The van der Waals surface area contributed by atoms with Gasteiger partial charge >= 0.3 is 5.69 Å². The number of nitrogens with one attached hydrogen (secondary N) is 2. The maximum Gasteiger partial charge on any atom is 0.329 e. The highest BCUT2D eigenvalue weighted by Gasteiger charge is 2.18. The molecule has 1 aromatic heterocycles. The van der Waals surface area contributed by atoms with Gasteiger partial charge in [0.05, 0.1) is 4.92 Å². The minimum Gasteiger partial charge on any atom is -0.385 e. The maximum absolute atomic E-state index is 10.9. The second kappa shape index (κ2) is 6.70. The predicted molar refractivity (Wildman–Crippen MR) is 67.8 cm³/mol. The molecule has 0 radical (unpaired) electrons. The Morgan fingerprint density at radius 1 is 1.61 bits per heavy atom. The minimum atomic E-state index is -0.509. The summed E-state index contributed by atoms with van der Waals surface area (Å²) in [7, 11) is 3.26. The number of nitro groups is 1. The van der Waals surface area contributed by atoms with E-state index in [0.29, 0.717) is 12.6 Å². The van der Waals surface area contributed by atoms with Crippen LogP contribution in [0.1, 0.15) is 13.3 Å². The third-order valence-electron chi connectivity index (χ3n) is 2.33. The van der Waals surface area contributed by atoms with Gasteiger partial charge in [-0.2, -0.15) is 4.98 Å². The molecular formula is C10H17N5O3. The Bertz CT molecular complexity index is 412. The minimum absolute atomic E-state index is 0.0169. The lowest BCUT2D eigenvalue weighted by Crippen LogP contribution is -2.19. The number of nitrogens with zero attached hydrogens (tertiary/aromatic N) is 3.